The quantitative estimate of drug-likeness (QED) is 0.737. The van der Waals surface area contributed by atoms with Crippen LogP contribution in [0.1, 0.15) is 30.4 Å². The van der Waals surface area contributed by atoms with Crippen LogP contribution < -0.4 is 5.63 Å². The molecule has 2 aromatic carbocycles. The highest BCUT2D eigenvalue weighted by Gasteiger charge is 2.22. The lowest BCUT2D eigenvalue weighted by atomic mass is 9.87. The van der Waals surface area contributed by atoms with Gasteiger partial charge in [-0.1, -0.05) is 55.5 Å². The van der Waals surface area contributed by atoms with Gasteiger partial charge in [-0.3, -0.25) is 0 Å². The number of rotatable bonds is 3. The van der Waals surface area contributed by atoms with Crippen LogP contribution in [0.2, 0.25) is 0 Å². The molecule has 0 fully saturated rings. The van der Waals surface area contributed by atoms with Crippen molar-refractivity contribution in [3.8, 4) is 5.75 Å². The van der Waals surface area contributed by atoms with Crippen LogP contribution in [-0.4, -0.2) is 5.11 Å². The van der Waals surface area contributed by atoms with Gasteiger partial charge in [0.2, 0.25) is 5.75 Å². The molecule has 1 aromatic heterocycles. The highest BCUT2D eigenvalue weighted by atomic mass is 16.4. The summed E-state index contributed by atoms with van der Waals surface area (Å²) in [5.74, 6) is -0.329. The number of aromatic hydroxyl groups is 1. The average molecular weight is 280 g/mol. The van der Waals surface area contributed by atoms with Crippen LogP contribution in [0.15, 0.2) is 63.8 Å². The van der Waals surface area contributed by atoms with Crippen molar-refractivity contribution in [3.63, 3.8) is 0 Å². The van der Waals surface area contributed by atoms with E-state index in [2.05, 4.69) is 0 Å². The van der Waals surface area contributed by atoms with Gasteiger partial charge >= 0.3 is 5.63 Å². The Balaban J connectivity index is 2.32. The van der Waals surface area contributed by atoms with Crippen molar-refractivity contribution in [2.45, 2.75) is 19.3 Å². The van der Waals surface area contributed by atoms with Crippen LogP contribution in [0.5, 0.6) is 5.75 Å². The van der Waals surface area contributed by atoms with Gasteiger partial charge in [0.1, 0.15) is 5.58 Å². The summed E-state index contributed by atoms with van der Waals surface area (Å²) in [6, 6.07) is 17.2. The molecule has 0 bridgehead atoms. The van der Waals surface area contributed by atoms with E-state index in [4.69, 9.17) is 4.42 Å². The molecule has 0 saturated carbocycles. The summed E-state index contributed by atoms with van der Waals surface area (Å²) >= 11 is 0. The molecule has 3 heteroatoms. The van der Waals surface area contributed by atoms with Gasteiger partial charge in [0.15, 0.2) is 0 Å². The summed E-state index contributed by atoms with van der Waals surface area (Å²) < 4.78 is 5.16. The maximum absolute atomic E-state index is 11.9. The van der Waals surface area contributed by atoms with Crippen molar-refractivity contribution in [3.05, 3.63) is 76.1 Å². The Bertz CT molecular complexity index is 819. The number of para-hydroxylation sites is 1. The Morgan fingerprint density at radius 1 is 1.05 bits per heavy atom. The molecular weight excluding hydrogens is 264 g/mol. The molecule has 0 saturated heterocycles. The smallest absolute Gasteiger partial charge is 0.379 e. The van der Waals surface area contributed by atoms with Crippen molar-refractivity contribution in [1.82, 2.24) is 0 Å². The highest BCUT2D eigenvalue weighted by molar-refractivity contribution is 5.83. The zero-order valence-electron chi connectivity index (χ0n) is 11.7. The zero-order valence-corrected chi connectivity index (χ0v) is 11.7. The van der Waals surface area contributed by atoms with Gasteiger partial charge in [0, 0.05) is 16.9 Å². The molecule has 1 atom stereocenters. The Labute approximate surface area is 122 Å². The molecule has 3 nitrogen and oxygen atoms in total. The summed E-state index contributed by atoms with van der Waals surface area (Å²) in [7, 11) is 0. The zero-order chi connectivity index (χ0) is 14.8. The van der Waals surface area contributed by atoms with Crippen LogP contribution in [0.4, 0.5) is 0 Å². The molecule has 1 heterocycles. The Kier molecular flexibility index (Phi) is 3.48. The monoisotopic (exact) mass is 280 g/mol. The van der Waals surface area contributed by atoms with Gasteiger partial charge in [-0.05, 0) is 18.1 Å². The van der Waals surface area contributed by atoms with E-state index in [0.29, 0.717) is 11.1 Å². The molecule has 0 aliphatic carbocycles. The third kappa shape index (κ3) is 2.31. The highest BCUT2D eigenvalue weighted by Crippen LogP contribution is 2.36. The van der Waals surface area contributed by atoms with E-state index in [-0.39, 0.29) is 11.7 Å². The molecule has 0 amide bonds. The predicted octanol–water partition coefficient (Wildman–Crippen LogP) is 4.04. The second-order valence-corrected chi connectivity index (χ2v) is 5.02. The van der Waals surface area contributed by atoms with Crippen LogP contribution in [0, 0.1) is 0 Å². The van der Waals surface area contributed by atoms with Crippen molar-refractivity contribution < 1.29 is 9.52 Å². The van der Waals surface area contributed by atoms with Gasteiger partial charge in [-0.2, -0.15) is 0 Å². The standard InChI is InChI=1S/C18H16O3/c1-2-13(12-8-4-3-5-9-12)16-14-10-6-7-11-15(14)21-18(20)17(16)19/h3-11,13,19H,2H2,1H3. The number of fused-ring (bicyclic) bond motifs is 1. The molecule has 106 valence electrons. The van der Waals surface area contributed by atoms with E-state index < -0.39 is 5.63 Å². The Morgan fingerprint density at radius 2 is 1.71 bits per heavy atom. The lowest BCUT2D eigenvalue weighted by Gasteiger charge is -2.18. The van der Waals surface area contributed by atoms with E-state index in [1.165, 1.54) is 0 Å². The normalized spacial score (nSPS) is 12.4. The Hall–Kier alpha value is -2.55. The molecule has 0 aliphatic heterocycles. The third-order valence-corrected chi connectivity index (χ3v) is 3.79. The molecule has 1 N–H and O–H groups in total. The maximum Gasteiger partial charge on any atom is 0.379 e. The van der Waals surface area contributed by atoms with Gasteiger partial charge in [0.05, 0.1) is 0 Å². The van der Waals surface area contributed by atoms with Crippen molar-refractivity contribution >= 4 is 11.0 Å². The fourth-order valence-corrected chi connectivity index (χ4v) is 2.81. The summed E-state index contributed by atoms with van der Waals surface area (Å²) in [6.45, 7) is 2.04. The molecule has 0 spiro atoms. The first-order valence-corrected chi connectivity index (χ1v) is 7.02. The number of benzene rings is 2. The fraction of sp³-hybridized carbons (Fsp3) is 0.167. The predicted molar refractivity (Wildman–Crippen MR) is 82.7 cm³/mol. The first-order valence-electron chi connectivity index (χ1n) is 7.02. The summed E-state index contributed by atoms with van der Waals surface area (Å²) in [6.07, 6.45) is 0.783. The van der Waals surface area contributed by atoms with E-state index in [9.17, 15) is 9.90 Å². The molecule has 3 rings (SSSR count). The second-order valence-electron chi connectivity index (χ2n) is 5.02. The lowest BCUT2D eigenvalue weighted by Crippen LogP contribution is -2.08. The van der Waals surface area contributed by atoms with Gasteiger partial charge in [-0.15, -0.1) is 0 Å². The Morgan fingerprint density at radius 3 is 2.43 bits per heavy atom. The molecule has 0 radical (unpaired) electrons. The number of hydrogen-bond acceptors (Lipinski definition) is 3. The van der Waals surface area contributed by atoms with E-state index in [0.717, 1.165) is 17.4 Å². The number of hydrogen-bond donors (Lipinski definition) is 1. The summed E-state index contributed by atoms with van der Waals surface area (Å²) in [5, 5.41) is 11.0. The lowest BCUT2D eigenvalue weighted by molar-refractivity contribution is 0.418. The van der Waals surface area contributed by atoms with E-state index in [1.54, 1.807) is 6.07 Å². The topological polar surface area (TPSA) is 50.4 Å². The summed E-state index contributed by atoms with van der Waals surface area (Å²) in [5.41, 5.74) is 1.55. The SMILES string of the molecule is CCC(c1ccccc1)c1c(O)c(=O)oc2ccccc12. The van der Waals surface area contributed by atoms with Gasteiger partial charge in [-0.25, -0.2) is 4.79 Å². The molecule has 21 heavy (non-hydrogen) atoms. The average Bonchev–Trinajstić information content (AvgIpc) is 2.53. The van der Waals surface area contributed by atoms with Crippen LogP contribution >= 0.6 is 0 Å². The van der Waals surface area contributed by atoms with Gasteiger partial charge in [0.25, 0.3) is 0 Å². The minimum atomic E-state index is -0.682. The third-order valence-electron chi connectivity index (χ3n) is 3.79. The first-order chi connectivity index (χ1) is 10.2. The molecule has 0 aliphatic rings. The molecule has 3 aromatic rings. The first kappa shape index (κ1) is 13.4. The second kappa shape index (κ2) is 5.44. The maximum atomic E-state index is 11.9. The largest absolute Gasteiger partial charge is 0.502 e. The van der Waals surface area contributed by atoms with Crippen LogP contribution in [-0.2, 0) is 0 Å². The molecule has 1 unspecified atom stereocenters. The molecular formula is C18H16O3. The van der Waals surface area contributed by atoms with E-state index in [1.807, 2.05) is 55.5 Å². The fourth-order valence-electron chi connectivity index (χ4n) is 2.81. The van der Waals surface area contributed by atoms with Crippen molar-refractivity contribution in [1.29, 1.82) is 0 Å². The minimum Gasteiger partial charge on any atom is -0.502 e. The van der Waals surface area contributed by atoms with Gasteiger partial charge < -0.3 is 9.52 Å². The van der Waals surface area contributed by atoms with Crippen molar-refractivity contribution in [2.75, 3.05) is 0 Å². The van der Waals surface area contributed by atoms with Crippen molar-refractivity contribution in [2.24, 2.45) is 0 Å². The summed E-state index contributed by atoms with van der Waals surface area (Å²) in [4.78, 5) is 11.9. The van der Waals surface area contributed by atoms with Crippen LogP contribution in [0.3, 0.4) is 0 Å². The van der Waals surface area contributed by atoms with E-state index >= 15 is 0 Å². The van der Waals surface area contributed by atoms with Crippen LogP contribution in [0.25, 0.3) is 11.0 Å². The minimum absolute atomic E-state index is 0.0415.